The van der Waals surface area contributed by atoms with Crippen LogP contribution in [0.3, 0.4) is 0 Å². The normalized spacial score (nSPS) is 10.4. The monoisotopic (exact) mass is 247 g/mol. The van der Waals surface area contributed by atoms with Crippen LogP contribution >= 0.6 is 11.3 Å². The summed E-state index contributed by atoms with van der Waals surface area (Å²) < 4.78 is 1.07. The minimum atomic E-state index is -0.0918. The largest absolute Gasteiger partial charge is 0.305 e. The van der Waals surface area contributed by atoms with E-state index in [2.05, 4.69) is 22.2 Å². The van der Waals surface area contributed by atoms with Gasteiger partial charge in [-0.2, -0.15) is 0 Å². The van der Waals surface area contributed by atoms with Gasteiger partial charge >= 0.3 is 0 Å². The Morgan fingerprint density at radius 1 is 1.47 bits per heavy atom. The van der Waals surface area contributed by atoms with Crippen molar-refractivity contribution in [1.29, 1.82) is 0 Å². The second-order valence-electron chi connectivity index (χ2n) is 3.45. The highest BCUT2D eigenvalue weighted by Crippen LogP contribution is 2.24. The molecule has 0 spiro atoms. The molecule has 0 aliphatic heterocycles. The second kappa shape index (κ2) is 5.56. The van der Waals surface area contributed by atoms with E-state index in [1.165, 1.54) is 11.3 Å². The molecular formula is C12H13N3OS. The van der Waals surface area contributed by atoms with Gasteiger partial charge < -0.3 is 10.6 Å². The molecule has 0 atom stereocenters. The summed E-state index contributed by atoms with van der Waals surface area (Å²) in [5.41, 5.74) is 0.909. The van der Waals surface area contributed by atoms with E-state index in [1.54, 1.807) is 6.08 Å². The number of anilines is 1. The number of fused-ring (bicyclic) bond motifs is 1. The van der Waals surface area contributed by atoms with E-state index < -0.39 is 0 Å². The molecule has 0 unspecified atom stereocenters. The van der Waals surface area contributed by atoms with Gasteiger partial charge in [0, 0.05) is 6.54 Å². The van der Waals surface area contributed by atoms with E-state index in [0.717, 1.165) is 10.2 Å². The highest BCUT2D eigenvalue weighted by atomic mass is 32.1. The van der Waals surface area contributed by atoms with Gasteiger partial charge in [0.2, 0.25) is 5.91 Å². The molecule has 5 heteroatoms. The molecule has 0 saturated heterocycles. The van der Waals surface area contributed by atoms with Gasteiger partial charge in [-0.3, -0.25) is 4.79 Å². The zero-order chi connectivity index (χ0) is 12.1. The maximum absolute atomic E-state index is 11.5. The lowest BCUT2D eigenvalue weighted by molar-refractivity contribution is -0.115. The van der Waals surface area contributed by atoms with Crippen molar-refractivity contribution in [2.45, 2.75) is 0 Å². The van der Waals surface area contributed by atoms with Crippen molar-refractivity contribution in [3.05, 3.63) is 36.9 Å². The molecule has 0 radical (unpaired) electrons. The van der Waals surface area contributed by atoms with Gasteiger partial charge in [0.1, 0.15) is 0 Å². The standard InChI is InChI=1S/C12H13N3OS/c1-2-7-13-8-11(16)15-12-14-9-5-3-4-6-10(9)17-12/h2-6,13H,1,7-8H2,(H,14,15,16). The van der Waals surface area contributed by atoms with Crippen LogP contribution in [0.1, 0.15) is 0 Å². The average Bonchev–Trinajstić information content (AvgIpc) is 2.71. The molecule has 1 heterocycles. The number of carbonyl (C=O) groups is 1. The maximum Gasteiger partial charge on any atom is 0.240 e. The minimum absolute atomic E-state index is 0.0918. The van der Waals surface area contributed by atoms with Crippen molar-refractivity contribution in [3.63, 3.8) is 0 Å². The molecule has 17 heavy (non-hydrogen) atoms. The fraction of sp³-hybridized carbons (Fsp3) is 0.167. The van der Waals surface area contributed by atoms with Gasteiger partial charge in [-0.1, -0.05) is 29.5 Å². The fourth-order valence-corrected chi connectivity index (χ4v) is 2.26. The third-order valence-electron chi connectivity index (χ3n) is 2.11. The van der Waals surface area contributed by atoms with Crippen molar-refractivity contribution >= 4 is 32.6 Å². The summed E-state index contributed by atoms with van der Waals surface area (Å²) in [6.07, 6.45) is 1.71. The number of carbonyl (C=O) groups excluding carboxylic acids is 1. The maximum atomic E-state index is 11.5. The summed E-state index contributed by atoms with van der Waals surface area (Å²) in [4.78, 5) is 15.8. The van der Waals surface area contributed by atoms with Gasteiger partial charge in [-0.15, -0.1) is 6.58 Å². The highest BCUT2D eigenvalue weighted by molar-refractivity contribution is 7.22. The van der Waals surface area contributed by atoms with E-state index in [0.29, 0.717) is 11.7 Å². The Balaban J connectivity index is 1.98. The van der Waals surface area contributed by atoms with Crippen LogP contribution in [-0.2, 0) is 4.79 Å². The van der Waals surface area contributed by atoms with Crippen LogP contribution in [0, 0.1) is 0 Å². The molecule has 88 valence electrons. The number of benzene rings is 1. The van der Waals surface area contributed by atoms with E-state index >= 15 is 0 Å². The predicted molar refractivity (Wildman–Crippen MR) is 71.3 cm³/mol. The number of para-hydroxylation sites is 1. The van der Waals surface area contributed by atoms with Crippen LogP contribution in [-0.4, -0.2) is 24.0 Å². The number of aromatic nitrogens is 1. The van der Waals surface area contributed by atoms with Gasteiger partial charge in [0.05, 0.1) is 16.8 Å². The lowest BCUT2D eigenvalue weighted by atomic mass is 10.3. The van der Waals surface area contributed by atoms with Gasteiger partial charge in [-0.05, 0) is 12.1 Å². The number of nitrogens with one attached hydrogen (secondary N) is 2. The lowest BCUT2D eigenvalue weighted by Gasteiger charge is -2.01. The van der Waals surface area contributed by atoms with Crippen LogP contribution in [0.25, 0.3) is 10.2 Å². The molecular weight excluding hydrogens is 234 g/mol. The van der Waals surface area contributed by atoms with Crippen molar-refractivity contribution in [1.82, 2.24) is 10.3 Å². The van der Waals surface area contributed by atoms with E-state index in [1.807, 2.05) is 24.3 Å². The van der Waals surface area contributed by atoms with Crippen molar-refractivity contribution in [2.75, 3.05) is 18.4 Å². The predicted octanol–water partition coefficient (Wildman–Crippen LogP) is 2.01. The first-order chi connectivity index (χ1) is 8.29. The van der Waals surface area contributed by atoms with Gasteiger partial charge in [0.25, 0.3) is 0 Å². The van der Waals surface area contributed by atoms with Gasteiger partial charge in [-0.25, -0.2) is 4.98 Å². The Morgan fingerprint density at radius 2 is 2.29 bits per heavy atom. The molecule has 0 fully saturated rings. The molecule has 2 N–H and O–H groups in total. The summed E-state index contributed by atoms with van der Waals surface area (Å²) in [5, 5.41) is 6.33. The quantitative estimate of drug-likeness (QED) is 0.627. The number of nitrogens with zero attached hydrogens (tertiary/aromatic N) is 1. The zero-order valence-corrected chi connectivity index (χ0v) is 10.1. The molecule has 0 aliphatic rings. The van der Waals surface area contributed by atoms with Crippen LogP contribution in [0.2, 0.25) is 0 Å². The third-order valence-corrected chi connectivity index (χ3v) is 3.07. The number of hydrogen-bond acceptors (Lipinski definition) is 4. The number of amides is 1. The van der Waals surface area contributed by atoms with Crippen LogP contribution in [0.15, 0.2) is 36.9 Å². The number of hydrogen-bond donors (Lipinski definition) is 2. The van der Waals surface area contributed by atoms with Crippen molar-refractivity contribution in [3.8, 4) is 0 Å². The molecule has 2 aromatic rings. The SMILES string of the molecule is C=CCNCC(=O)Nc1nc2ccccc2s1. The first-order valence-corrected chi connectivity index (χ1v) is 6.08. The summed E-state index contributed by atoms with van der Waals surface area (Å²) in [6, 6.07) is 7.80. The van der Waals surface area contributed by atoms with E-state index in [4.69, 9.17) is 0 Å². The van der Waals surface area contributed by atoms with Crippen molar-refractivity contribution < 1.29 is 4.79 Å². The molecule has 2 rings (SSSR count). The second-order valence-corrected chi connectivity index (χ2v) is 4.49. The summed E-state index contributed by atoms with van der Waals surface area (Å²) in [7, 11) is 0. The Labute approximate surface area is 103 Å². The molecule has 1 aromatic carbocycles. The molecule has 0 bridgehead atoms. The lowest BCUT2D eigenvalue weighted by Crippen LogP contribution is -2.27. The number of rotatable bonds is 5. The molecule has 0 saturated carbocycles. The van der Waals surface area contributed by atoms with Crippen LogP contribution < -0.4 is 10.6 Å². The topological polar surface area (TPSA) is 54.0 Å². The van der Waals surface area contributed by atoms with Gasteiger partial charge in [0.15, 0.2) is 5.13 Å². The summed E-state index contributed by atoms with van der Waals surface area (Å²) >= 11 is 1.47. The van der Waals surface area contributed by atoms with Crippen LogP contribution in [0.4, 0.5) is 5.13 Å². The average molecular weight is 247 g/mol. The Hall–Kier alpha value is -1.72. The minimum Gasteiger partial charge on any atom is -0.305 e. The molecule has 0 aliphatic carbocycles. The highest BCUT2D eigenvalue weighted by Gasteiger charge is 2.06. The smallest absolute Gasteiger partial charge is 0.240 e. The van der Waals surface area contributed by atoms with E-state index in [-0.39, 0.29) is 12.5 Å². The Kier molecular flexibility index (Phi) is 3.85. The molecule has 1 aromatic heterocycles. The molecule has 4 nitrogen and oxygen atoms in total. The van der Waals surface area contributed by atoms with Crippen LogP contribution in [0.5, 0.6) is 0 Å². The first-order valence-electron chi connectivity index (χ1n) is 5.26. The van der Waals surface area contributed by atoms with Crippen molar-refractivity contribution in [2.24, 2.45) is 0 Å². The first kappa shape index (κ1) is 11.8. The zero-order valence-electron chi connectivity index (χ0n) is 9.27. The van der Waals surface area contributed by atoms with E-state index in [9.17, 15) is 4.79 Å². The Bertz CT molecular complexity index is 502. The fourth-order valence-electron chi connectivity index (χ4n) is 1.38. The third kappa shape index (κ3) is 3.12. The summed E-state index contributed by atoms with van der Waals surface area (Å²) in [6.45, 7) is 4.45. The number of thiazole rings is 1. The molecule has 1 amide bonds. The summed E-state index contributed by atoms with van der Waals surface area (Å²) in [5.74, 6) is -0.0918. The Morgan fingerprint density at radius 3 is 3.06 bits per heavy atom.